The molecule has 0 aliphatic rings. The van der Waals surface area contributed by atoms with Gasteiger partial charge in [-0.05, 0) is 37.6 Å². The van der Waals surface area contributed by atoms with Crippen molar-refractivity contribution in [2.45, 2.75) is 27.7 Å². The lowest BCUT2D eigenvalue weighted by molar-refractivity contribution is 0.639. The van der Waals surface area contributed by atoms with Gasteiger partial charge in [0.25, 0.3) is 0 Å². The molecule has 0 unspecified atom stereocenters. The zero-order valence-corrected chi connectivity index (χ0v) is 12.8. The molecule has 2 aromatic rings. The van der Waals surface area contributed by atoms with Crippen LogP contribution in [-0.2, 0) is 0 Å². The zero-order valence-electron chi connectivity index (χ0n) is 12.8. The number of fused-ring (bicyclic) bond motifs is 1. The number of allylic oxidation sites excluding steroid dienone is 5. The van der Waals surface area contributed by atoms with Crippen LogP contribution >= 0.6 is 0 Å². The van der Waals surface area contributed by atoms with Crippen molar-refractivity contribution < 1.29 is 8.78 Å². The molecule has 0 bridgehead atoms. The Bertz CT molecular complexity index is 694. The van der Waals surface area contributed by atoms with Gasteiger partial charge in [0.15, 0.2) is 0 Å². The first-order chi connectivity index (χ1) is 10.1. The Kier molecular flexibility index (Phi) is 6.03. The molecule has 2 aromatic heterocycles. The second-order valence-electron chi connectivity index (χ2n) is 4.13. The maximum absolute atomic E-state index is 13.8. The first kappa shape index (κ1) is 16.8. The summed E-state index contributed by atoms with van der Waals surface area (Å²) in [4.78, 5) is 7.35. The molecule has 0 fully saturated rings. The number of pyridine rings is 1. The molecule has 112 valence electrons. The van der Waals surface area contributed by atoms with Crippen molar-refractivity contribution >= 4 is 16.6 Å². The number of aromatic nitrogens is 2. The number of nitrogens with zero attached hydrogens (tertiary/aromatic N) is 1. The van der Waals surface area contributed by atoms with Crippen LogP contribution in [0.4, 0.5) is 8.78 Å². The van der Waals surface area contributed by atoms with Crippen LogP contribution in [0.1, 0.15) is 32.0 Å². The molecule has 2 rings (SSSR count). The average molecular weight is 290 g/mol. The van der Waals surface area contributed by atoms with Crippen LogP contribution in [-0.4, -0.2) is 9.97 Å². The van der Waals surface area contributed by atoms with Crippen LogP contribution in [0.2, 0.25) is 0 Å². The third kappa shape index (κ3) is 3.45. The van der Waals surface area contributed by atoms with Gasteiger partial charge in [-0.3, -0.25) is 0 Å². The van der Waals surface area contributed by atoms with E-state index in [1.807, 2.05) is 20.8 Å². The van der Waals surface area contributed by atoms with Gasteiger partial charge in [-0.1, -0.05) is 26.5 Å². The van der Waals surface area contributed by atoms with E-state index in [9.17, 15) is 8.78 Å². The number of H-pyrrole nitrogens is 1. The summed E-state index contributed by atoms with van der Waals surface area (Å²) in [6, 6.07) is 3.34. The predicted octanol–water partition coefficient (Wildman–Crippen LogP) is 5.64. The van der Waals surface area contributed by atoms with Crippen LogP contribution in [0, 0.1) is 6.92 Å². The molecule has 0 radical (unpaired) electrons. The number of rotatable bonds is 3. The van der Waals surface area contributed by atoms with Gasteiger partial charge in [-0.15, -0.1) is 0 Å². The number of halogens is 2. The van der Waals surface area contributed by atoms with Gasteiger partial charge in [-0.2, -0.15) is 0 Å². The molecule has 21 heavy (non-hydrogen) atoms. The normalized spacial score (nSPS) is 12.6. The lowest BCUT2D eigenvalue weighted by atomic mass is 10.1. The van der Waals surface area contributed by atoms with Gasteiger partial charge in [0.2, 0.25) is 0 Å². The van der Waals surface area contributed by atoms with Gasteiger partial charge in [0.05, 0.1) is 22.3 Å². The summed E-state index contributed by atoms with van der Waals surface area (Å²) in [6.07, 6.45) is 3.99. The SMILES string of the molecule is C=C/C(F)=C(\C(F)=C/C)c1ccc2[nH]cc(C)c2n1.CC. The Morgan fingerprint density at radius 1 is 1.29 bits per heavy atom. The fourth-order valence-electron chi connectivity index (χ4n) is 1.87. The Balaban J connectivity index is 0.00000106. The van der Waals surface area contributed by atoms with E-state index in [0.29, 0.717) is 5.52 Å². The van der Waals surface area contributed by atoms with E-state index in [2.05, 4.69) is 16.5 Å². The minimum absolute atomic E-state index is 0.167. The fraction of sp³-hybridized carbons (Fsp3) is 0.235. The van der Waals surface area contributed by atoms with Crippen molar-refractivity contribution in [3.05, 3.63) is 60.0 Å². The summed E-state index contributed by atoms with van der Waals surface area (Å²) in [6.45, 7) is 10.7. The third-order valence-electron chi connectivity index (χ3n) is 2.88. The minimum atomic E-state index is -0.726. The lowest BCUT2D eigenvalue weighted by Gasteiger charge is -2.06. The highest BCUT2D eigenvalue weighted by Gasteiger charge is 2.15. The Labute approximate surface area is 123 Å². The molecule has 0 saturated heterocycles. The first-order valence-electron chi connectivity index (χ1n) is 6.88. The molecule has 1 N–H and O–H groups in total. The van der Waals surface area contributed by atoms with Gasteiger partial charge in [0, 0.05) is 6.20 Å². The summed E-state index contributed by atoms with van der Waals surface area (Å²) in [5.74, 6) is -1.38. The van der Waals surface area contributed by atoms with E-state index < -0.39 is 11.7 Å². The van der Waals surface area contributed by atoms with E-state index in [1.54, 1.807) is 18.3 Å². The third-order valence-corrected chi connectivity index (χ3v) is 2.88. The van der Waals surface area contributed by atoms with E-state index in [1.165, 1.54) is 13.0 Å². The highest BCUT2D eigenvalue weighted by Crippen LogP contribution is 2.29. The molecule has 0 atom stereocenters. The van der Waals surface area contributed by atoms with Gasteiger partial charge in [0.1, 0.15) is 11.7 Å². The van der Waals surface area contributed by atoms with Crippen LogP contribution in [0.3, 0.4) is 0 Å². The van der Waals surface area contributed by atoms with Crippen LogP contribution < -0.4 is 0 Å². The van der Waals surface area contributed by atoms with E-state index in [4.69, 9.17) is 0 Å². The van der Waals surface area contributed by atoms with Crippen LogP contribution in [0.5, 0.6) is 0 Å². The second-order valence-corrected chi connectivity index (χ2v) is 4.13. The monoisotopic (exact) mass is 290 g/mol. The second kappa shape index (κ2) is 7.53. The summed E-state index contributed by atoms with van der Waals surface area (Å²) < 4.78 is 27.6. The van der Waals surface area contributed by atoms with Crippen LogP contribution in [0.25, 0.3) is 16.6 Å². The summed E-state index contributed by atoms with van der Waals surface area (Å²) in [5, 5.41) is 0. The van der Waals surface area contributed by atoms with Crippen molar-refractivity contribution in [1.82, 2.24) is 9.97 Å². The summed E-state index contributed by atoms with van der Waals surface area (Å²) in [7, 11) is 0. The molecule has 0 saturated carbocycles. The Hall–Kier alpha value is -2.23. The lowest BCUT2D eigenvalue weighted by Crippen LogP contribution is -1.93. The van der Waals surface area contributed by atoms with Crippen molar-refractivity contribution in [3.8, 4) is 0 Å². The molecular weight excluding hydrogens is 270 g/mol. The molecule has 0 aromatic carbocycles. The van der Waals surface area contributed by atoms with Gasteiger partial charge >= 0.3 is 0 Å². The van der Waals surface area contributed by atoms with Crippen molar-refractivity contribution in [2.75, 3.05) is 0 Å². The standard InChI is InChI=1S/C15H14F2N2.C2H6/c1-4-10(16)14(11(17)5-2)12-6-7-13-15(19-12)9(3)8-18-13;1-2/h4-8,18H,1H2,2-3H3;1-2H3/b11-5+,14-10-;. The molecular formula is C17H20F2N2. The number of hydrogen-bond donors (Lipinski definition) is 1. The molecule has 0 amide bonds. The maximum atomic E-state index is 13.8. The molecule has 2 heterocycles. The maximum Gasteiger partial charge on any atom is 0.134 e. The first-order valence-corrected chi connectivity index (χ1v) is 6.88. The average Bonchev–Trinajstić information content (AvgIpc) is 2.90. The molecule has 0 spiro atoms. The minimum Gasteiger partial charge on any atom is -0.360 e. The van der Waals surface area contributed by atoms with Crippen molar-refractivity contribution in [3.63, 3.8) is 0 Å². The fourth-order valence-corrected chi connectivity index (χ4v) is 1.87. The molecule has 4 heteroatoms. The van der Waals surface area contributed by atoms with Gasteiger partial charge < -0.3 is 4.98 Å². The molecule has 0 aliphatic carbocycles. The number of aryl methyl sites for hydroxylation is 1. The predicted molar refractivity (Wildman–Crippen MR) is 85.3 cm³/mol. The highest BCUT2D eigenvalue weighted by atomic mass is 19.1. The number of hydrogen-bond acceptors (Lipinski definition) is 1. The molecule has 2 nitrogen and oxygen atoms in total. The van der Waals surface area contributed by atoms with E-state index in [0.717, 1.165) is 17.2 Å². The van der Waals surface area contributed by atoms with E-state index >= 15 is 0 Å². The van der Waals surface area contributed by atoms with Crippen LogP contribution in [0.15, 0.2) is 48.7 Å². The molecule has 0 aliphatic heterocycles. The summed E-state index contributed by atoms with van der Waals surface area (Å²) in [5.41, 5.74) is 2.55. The topological polar surface area (TPSA) is 28.7 Å². The zero-order chi connectivity index (χ0) is 16.0. The van der Waals surface area contributed by atoms with E-state index in [-0.39, 0.29) is 11.3 Å². The Morgan fingerprint density at radius 2 is 1.95 bits per heavy atom. The smallest absolute Gasteiger partial charge is 0.134 e. The highest BCUT2D eigenvalue weighted by molar-refractivity contribution is 5.84. The quantitative estimate of drug-likeness (QED) is 0.728. The largest absolute Gasteiger partial charge is 0.360 e. The van der Waals surface area contributed by atoms with Gasteiger partial charge in [-0.25, -0.2) is 13.8 Å². The summed E-state index contributed by atoms with van der Waals surface area (Å²) >= 11 is 0. The number of nitrogens with one attached hydrogen (secondary N) is 1. The Morgan fingerprint density at radius 3 is 2.52 bits per heavy atom. The van der Waals surface area contributed by atoms with Crippen molar-refractivity contribution in [1.29, 1.82) is 0 Å². The van der Waals surface area contributed by atoms with Crippen molar-refractivity contribution in [2.24, 2.45) is 0 Å². The number of aromatic amines is 1.